The number of hydrogen-bond acceptors (Lipinski definition) is 5. The van der Waals surface area contributed by atoms with Crippen molar-refractivity contribution in [3.8, 4) is 0 Å². The molecule has 7 heteroatoms. The summed E-state index contributed by atoms with van der Waals surface area (Å²) in [4.78, 5) is 25.6. The van der Waals surface area contributed by atoms with Crippen molar-refractivity contribution >= 4 is 12.1 Å². The average molecular weight is 309 g/mol. The van der Waals surface area contributed by atoms with Gasteiger partial charge >= 0.3 is 12.1 Å². The summed E-state index contributed by atoms with van der Waals surface area (Å²) in [5, 5.41) is 4.26. The van der Waals surface area contributed by atoms with Crippen molar-refractivity contribution in [2.24, 2.45) is 0 Å². The second-order valence-corrected chi connectivity index (χ2v) is 6.22. The number of amides is 1. The van der Waals surface area contributed by atoms with Crippen molar-refractivity contribution in [1.82, 2.24) is 14.7 Å². The van der Waals surface area contributed by atoms with Crippen LogP contribution in [0.15, 0.2) is 6.07 Å². The summed E-state index contributed by atoms with van der Waals surface area (Å²) >= 11 is 0. The summed E-state index contributed by atoms with van der Waals surface area (Å²) in [6, 6.07) is 1.68. The molecule has 1 amide bonds. The zero-order chi connectivity index (χ0) is 16.3. The third kappa shape index (κ3) is 3.99. The summed E-state index contributed by atoms with van der Waals surface area (Å²) in [6.45, 7) is 9.22. The number of fused-ring (bicyclic) bond motifs is 1. The number of esters is 1. The van der Waals surface area contributed by atoms with E-state index in [1.807, 2.05) is 20.8 Å². The van der Waals surface area contributed by atoms with Gasteiger partial charge in [0.1, 0.15) is 5.60 Å². The van der Waals surface area contributed by atoms with Crippen LogP contribution in [0, 0.1) is 0 Å². The van der Waals surface area contributed by atoms with Crippen LogP contribution in [-0.4, -0.2) is 45.5 Å². The third-order valence-electron chi connectivity index (χ3n) is 3.15. The highest BCUT2D eigenvalue weighted by molar-refractivity contribution is 5.87. The van der Waals surface area contributed by atoms with E-state index in [-0.39, 0.29) is 11.8 Å². The van der Waals surface area contributed by atoms with Gasteiger partial charge in [0.25, 0.3) is 0 Å². The molecule has 7 nitrogen and oxygen atoms in total. The average Bonchev–Trinajstić information content (AvgIpc) is 2.69. The van der Waals surface area contributed by atoms with Crippen LogP contribution in [-0.2, 0) is 22.6 Å². The molecule has 22 heavy (non-hydrogen) atoms. The van der Waals surface area contributed by atoms with Crippen LogP contribution in [0.4, 0.5) is 4.79 Å². The van der Waals surface area contributed by atoms with Gasteiger partial charge in [-0.1, -0.05) is 0 Å². The summed E-state index contributed by atoms with van der Waals surface area (Å²) in [7, 11) is 0. The molecule has 0 saturated heterocycles. The van der Waals surface area contributed by atoms with E-state index < -0.39 is 11.6 Å². The maximum atomic E-state index is 12.2. The first-order valence-corrected chi connectivity index (χ1v) is 7.52. The number of aryl methyl sites for hydroxylation is 1. The number of aromatic nitrogens is 2. The number of nitrogens with zero attached hydrogens (tertiary/aromatic N) is 3. The SMILES string of the molecule is CCOC(=O)c1cc2n(n1)CCCN(C(=O)OC(C)(C)C)C2. The van der Waals surface area contributed by atoms with Crippen molar-refractivity contribution < 1.29 is 19.1 Å². The first-order chi connectivity index (χ1) is 10.3. The molecule has 1 aliphatic rings. The Morgan fingerprint density at radius 3 is 2.68 bits per heavy atom. The van der Waals surface area contributed by atoms with E-state index in [0.29, 0.717) is 26.2 Å². The Labute approximate surface area is 130 Å². The number of carbonyl (C=O) groups excluding carboxylic acids is 2. The Bertz CT molecular complexity index is 560. The maximum Gasteiger partial charge on any atom is 0.410 e. The highest BCUT2D eigenvalue weighted by Crippen LogP contribution is 2.17. The second kappa shape index (κ2) is 6.37. The first-order valence-electron chi connectivity index (χ1n) is 7.52. The van der Waals surface area contributed by atoms with Gasteiger partial charge in [-0.2, -0.15) is 5.10 Å². The standard InChI is InChI=1S/C15H23N3O4/c1-5-21-13(19)12-9-11-10-17(7-6-8-18(11)16-12)14(20)22-15(2,3)4/h9H,5-8,10H2,1-4H3. The minimum atomic E-state index is -0.528. The van der Waals surface area contributed by atoms with E-state index in [0.717, 1.165) is 12.1 Å². The molecule has 0 radical (unpaired) electrons. The predicted molar refractivity (Wildman–Crippen MR) is 79.4 cm³/mol. The van der Waals surface area contributed by atoms with Gasteiger partial charge in [-0.15, -0.1) is 0 Å². The molecule has 122 valence electrons. The molecule has 0 saturated carbocycles. The van der Waals surface area contributed by atoms with Crippen LogP contribution in [0.3, 0.4) is 0 Å². The van der Waals surface area contributed by atoms with Crippen LogP contribution in [0.1, 0.15) is 50.3 Å². The fourth-order valence-electron chi connectivity index (χ4n) is 2.25. The molecule has 1 aromatic heterocycles. The van der Waals surface area contributed by atoms with E-state index in [2.05, 4.69) is 5.10 Å². The van der Waals surface area contributed by atoms with Crippen LogP contribution in [0.5, 0.6) is 0 Å². The molecule has 0 unspecified atom stereocenters. The Morgan fingerprint density at radius 2 is 2.05 bits per heavy atom. The molecule has 0 atom stereocenters. The van der Waals surface area contributed by atoms with E-state index in [9.17, 15) is 9.59 Å². The van der Waals surface area contributed by atoms with Gasteiger partial charge in [0, 0.05) is 13.1 Å². The molecule has 0 fully saturated rings. The Hall–Kier alpha value is -2.05. The number of carbonyl (C=O) groups is 2. The smallest absolute Gasteiger partial charge is 0.410 e. The zero-order valence-corrected chi connectivity index (χ0v) is 13.6. The molecular formula is C15H23N3O4. The lowest BCUT2D eigenvalue weighted by atomic mass is 10.2. The zero-order valence-electron chi connectivity index (χ0n) is 13.6. The summed E-state index contributed by atoms with van der Waals surface area (Å²) < 4.78 is 12.1. The van der Waals surface area contributed by atoms with Crippen molar-refractivity contribution in [3.05, 3.63) is 17.5 Å². The molecule has 1 aromatic rings. The fraction of sp³-hybridized carbons (Fsp3) is 0.667. The Balaban J connectivity index is 2.12. The van der Waals surface area contributed by atoms with E-state index in [1.54, 1.807) is 22.6 Å². The van der Waals surface area contributed by atoms with Crippen LogP contribution < -0.4 is 0 Å². The predicted octanol–water partition coefficient (Wildman–Crippen LogP) is 2.20. The topological polar surface area (TPSA) is 73.7 Å². The van der Waals surface area contributed by atoms with E-state index in [4.69, 9.17) is 9.47 Å². The molecule has 0 spiro atoms. The first kappa shape index (κ1) is 16.3. The van der Waals surface area contributed by atoms with Crippen molar-refractivity contribution in [2.75, 3.05) is 13.2 Å². The van der Waals surface area contributed by atoms with E-state index >= 15 is 0 Å². The van der Waals surface area contributed by atoms with Gasteiger partial charge in [-0.05, 0) is 40.2 Å². The Kier molecular flexibility index (Phi) is 4.73. The number of rotatable bonds is 2. The lowest BCUT2D eigenvalue weighted by molar-refractivity contribution is 0.0236. The fourth-order valence-corrected chi connectivity index (χ4v) is 2.25. The van der Waals surface area contributed by atoms with Crippen LogP contribution >= 0.6 is 0 Å². The normalized spacial score (nSPS) is 15.0. The van der Waals surface area contributed by atoms with Crippen LogP contribution in [0.25, 0.3) is 0 Å². The molecule has 0 aliphatic carbocycles. The molecule has 2 rings (SSSR count). The minimum Gasteiger partial charge on any atom is -0.461 e. The molecule has 0 N–H and O–H groups in total. The second-order valence-electron chi connectivity index (χ2n) is 6.22. The quantitative estimate of drug-likeness (QED) is 0.783. The molecule has 1 aliphatic heterocycles. The highest BCUT2D eigenvalue weighted by atomic mass is 16.6. The lowest BCUT2D eigenvalue weighted by Gasteiger charge is -2.26. The van der Waals surface area contributed by atoms with Crippen molar-refractivity contribution in [2.45, 2.75) is 52.8 Å². The van der Waals surface area contributed by atoms with Gasteiger partial charge in [0.2, 0.25) is 0 Å². The van der Waals surface area contributed by atoms with Gasteiger partial charge in [0.05, 0.1) is 18.8 Å². The van der Waals surface area contributed by atoms with Crippen molar-refractivity contribution in [1.29, 1.82) is 0 Å². The van der Waals surface area contributed by atoms with Crippen molar-refractivity contribution in [3.63, 3.8) is 0 Å². The van der Waals surface area contributed by atoms with Gasteiger partial charge in [-0.3, -0.25) is 4.68 Å². The number of ether oxygens (including phenoxy) is 2. The summed E-state index contributed by atoms with van der Waals surface area (Å²) in [5.41, 5.74) is 0.564. The maximum absolute atomic E-state index is 12.2. The molecule has 2 heterocycles. The highest BCUT2D eigenvalue weighted by Gasteiger charge is 2.26. The third-order valence-corrected chi connectivity index (χ3v) is 3.15. The minimum absolute atomic E-state index is 0.280. The summed E-state index contributed by atoms with van der Waals surface area (Å²) in [6.07, 6.45) is 0.413. The number of hydrogen-bond donors (Lipinski definition) is 0. The summed E-state index contributed by atoms with van der Waals surface area (Å²) in [5.74, 6) is -0.438. The van der Waals surface area contributed by atoms with Gasteiger partial charge < -0.3 is 14.4 Å². The molecule has 0 bridgehead atoms. The van der Waals surface area contributed by atoms with E-state index in [1.165, 1.54) is 0 Å². The Morgan fingerprint density at radius 1 is 1.32 bits per heavy atom. The monoisotopic (exact) mass is 309 g/mol. The molecule has 0 aromatic carbocycles. The largest absolute Gasteiger partial charge is 0.461 e. The lowest BCUT2D eigenvalue weighted by Crippen LogP contribution is -2.36. The van der Waals surface area contributed by atoms with Gasteiger partial charge in [0.15, 0.2) is 5.69 Å². The van der Waals surface area contributed by atoms with Crippen LogP contribution in [0.2, 0.25) is 0 Å². The molecular weight excluding hydrogens is 286 g/mol. The van der Waals surface area contributed by atoms with Gasteiger partial charge in [-0.25, -0.2) is 9.59 Å².